The van der Waals surface area contributed by atoms with Crippen LogP contribution in [-0.4, -0.2) is 31.6 Å². The average molecular weight is 298 g/mol. The number of hydrogen-bond acceptors (Lipinski definition) is 3. The molecule has 1 amide bonds. The smallest absolute Gasteiger partial charge is 0.239 e. The molecule has 1 fully saturated rings. The zero-order valence-electron chi connectivity index (χ0n) is 9.74. The molecule has 92 valence electrons. The highest BCUT2D eigenvalue weighted by atomic mass is 79.9. The molecule has 1 aliphatic rings. The Morgan fingerprint density at radius 1 is 1.59 bits per heavy atom. The number of hydrogen-bond donors (Lipinski definition) is 2. The quantitative estimate of drug-likeness (QED) is 0.857. The van der Waals surface area contributed by atoms with E-state index in [2.05, 4.69) is 32.2 Å². The van der Waals surface area contributed by atoms with Gasteiger partial charge in [-0.15, -0.1) is 0 Å². The van der Waals surface area contributed by atoms with Gasteiger partial charge in [-0.05, 0) is 30.7 Å². The van der Waals surface area contributed by atoms with E-state index in [1.54, 1.807) is 0 Å². The Morgan fingerprint density at radius 2 is 2.35 bits per heavy atom. The van der Waals surface area contributed by atoms with E-state index in [0.29, 0.717) is 13.1 Å². The Hall–Kier alpha value is -1.07. The van der Waals surface area contributed by atoms with Crippen LogP contribution in [0.25, 0.3) is 0 Å². The Kier molecular flexibility index (Phi) is 3.69. The number of nitrogens with two attached hydrogens (primary N) is 1. The SMILES string of the molecule is Cc1cc(Br)ccc1N1CC(=O)NC(CN)C1. The highest BCUT2D eigenvalue weighted by molar-refractivity contribution is 9.10. The molecule has 5 heteroatoms. The zero-order valence-corrected chi connectivity index (χ0v) is 11.3. The maximum atomic E-state index is 11.6. The van der Waals surface area contributed by atoms with Gasteiger partial charge in [-0.1, -0.05) is 15.9 Å². The van der Waals surface area contributed by atoms with Crippen molar-refractivity contribution in [3.05, 3.63) is 28.2 Å². The van der Waals surface area contributed by atoms with Gasteiger partial charge in [0.05, 0.1) is 12.6 Å². The first-order chi connectivity index (χ1) is 8.10. The first-order valence-corrected chi connectivity index (χ1v) is 6.40. The summed E-state index contributed by atoms with van der Waals surface area (Å²) in [4.78, 5) is 13.7. The number of benzene rings is 1. The maximum Gasteiger partial charge on any atom is 0.239 e. The number of nitrogens with zero attached hydrogens (tertiary/aromatic N) is 1. The second-order valence-corrected chi connectivity index (χ2v) is 5.23. The van der Waals surface area contributed by atoms with Gasteiger partial charge >= 0.3 is 0 Å². The number of aryl methyl sites for hydroxylation is 1. The Morgan fingerprint density at radius 3 is 3.00 bits per heavy atom. The van der Waals surface area contributed by atoms with E-state index in [1.165, 1.54) is 0 Å². The van der Waals surface area contributed by atoms with Crippen molar-refractivity contribution in [2.24, 2.45) is 5.73 Å². The molecule has 0 saturated carbocycles. The van der Waals surface area contributed by atoms with Crippen molar-refractivity contribution in [2.45, 2.75) is 13.0 Å². The van der Waals surface area contributed by atoms with Crippen LogP contribution >= 0.6 is 15.9 Å². The third-order valence-corrected chi connectivity index (χ3v) is 3.42. The lowest BCUT2D eigenvalue weighted by Crippen LogP contribution is -2.57. The summed E-state index contributed by atoms with van der Waals surface area (Å²) in [5.74, 6) is 0.0361. The van der Waals surface area contributed by atoms with E-state index in [-0.39, 0.29) is 11.9 Å². The third kappa shape index (κ3) is 2.79. The lowest BCUT2D eigenvalue weighted by molar-refractivity contribution is -0.121. The molecule has 0 spiro atoms. The molecule has 0 aromatic heterocycles. The van der Waals surface area contributed by atoms with E-state index in [0.717, 1.165) is 22.3 Å². The largest absolute Gasteiger partial charge is 0.360 e. The van der Waals surface area contributed by atoms with Gasteiger partial charge < -0.3 is 16.0 Å². The van der Waals surface area contributed by atoms with Crippen molar-refractivity contribution in [1.82, 2.24) is 5.32 Å². The van der Waals surface area contributed by atoms with Gasteiger partial charge in [0.25, 0.3) is 0 Å². The summed E-state index contributed by atoms with van der Waals surface area (Å²) < 4.78 is 1.05. The average Bonchev–Trinajstić information content (AvgIpc) is 2.28. The molecule has 0 aliphatic carbocycles. The fourth-order valence-corrected chi connectivity index (χ4v) is 2.59. The minimum absolute atomic E-state index is 0.0361. The summed E-state index contributed by atoms with van der Waals surface area (Å²) in [7, 11) is 0. The van der Waals surface area contributed by atoms with E-state index >= 15 is 0 Å². The Labute approximate surface area is 109 Å². The molecule has 1 saturated heterocycles. The van der Waals surface area contributed by atoms with Crippen LogP contribution in [0.3, 0.4) is 0 Å². The summed E-state index contributed by atoms with van der Waals surface area (Å²) >= 11 is 3.44. The Balaban J connectivity index is 2.23. The van der Waals surface area contributed by atoms with Gasteiger partial charge in [-0.2, -0.15) is 0 Å². The van der Waals surface area contributed by atoms with Crippen LogP contribution in [0.1, 0.15) is 5.56 Å². The van der Waals surface area contributed by atoms with Crippen molar-refractivity contribution in [3.8, 4) is 0 Å². The highest BCUT2D eigenvalue weighted by Crippen LogP contribution is 2.24. The van der Waals surface area contributed by atoms with Crippen LogP contribution in [0.2, 0.25) is 0 Å². The second-order valence-electron chi connectivity index (χ2n) is 4.31. The van der Waals surface area contributed by atoms with Gasteiger partial charge in [-0.25, -0.2) is 0 Å². The van der Waals surface area contributed by atoms with Gasteiger partial charge in [0.2, 0.25) is 5.91 Å². The van der Waals surface area contributed by atoms with Crippen LogP contribution in [0.15, 0.2) is 22.7 Å². The molecule has 3 N–H and O–H groups in total. The molecular formula is C12H16BrN3O. The van der Waals surface area contributed by atoms with Crippen LogP contribution in [0.5, 0.6) is 0 Å². The highest BCUT2D eigenvalue weighted by Gasteiger charge is 2.24. The molecule has 1 aliphatic heterocycles. The summed E-state index contributed by atoms with van der Waals surface area (Å²) in [6.45, 7) is 3.69. The summed E-state index contributed by atoms with van der Waals surface area (Å²) in [5.41, 5.74) is 7.87. The van der Waals surface area contributed by atoms with E-state index < -0.39 is 0 Å². The normalized spacial score (nSPS) is 20.3. The lowest BCUT2D eigenvalue weighted by atomic mass is 10.1. The zero-order chi connectivity index (χ0) is 12.4. The van der Waals surface area contributed by atoms with E-state index in [9.17, 15) is 4.79 Å². The molecule has 1 unspecified atom stereocenters. The summed E-state index contributed by atoms with van der Waals surface area (Å²) in [5, 5.41) is 2.88. The number of amides is 1. The second kappa shape index (κ2) is 5.06. The van der Waals surface area contributed by atoms with Gasteiger partial charge in [0.15, 0.2) is 0 Å². The number of carbonyl (C=O) groups excluding carboxylic acids is 1. The van der Waals surface area contributed by atoms with Crippen molar-refractivity contribution in [2.75, 3.05) is 24.5 Å². The maximum absolute atomic E-state index is 11.6. The van der Waals surface area contributed by atoms with E-state index in [4.69, 9.17) is 5.73 Å². The van der Waals surface area contributed by atoms with Crippen LogP contribution in [-0.2, 0) is 4.79 Å². The molecular weight excluding hydrogens is 282 g/mol. The topological polar surface area (TPSA) is 58.4 Å². The number of nitrogens with one attached hydrogen (secondary N) is 1. The lowest BCUT2D eigenvalue weighted by Gasteiger charge is -2.34. The van der Waals surface area contributed by atoms with Crippen LogP contribution in [0, 0.1) is 6.92 Å². The molecule has 2 rings (SSSR count). The monoisotopic (exact) mass is 297 g/mol. The Bertz CT molecular complexity index is 436. The number of carbonyl (C=O) groups is 1. The van der Waals surface area contributed by atoms with Gasteiger partial charge in [0.1, 0.15) is 0 Å². The fourth-order valence-electron chi connectivity index (χ4n) is 2.11. The van der Waals surface area contributed by atoms with Crippen LogP contribution < -0.4 is 16.0 Å². The summed E-state index contributed by atoms with van der Waals surface area (Å²) in [6.07, 6.45) is 0. The first-order valence-electron chi connectivity index (χ1n) is 5.60. The molecule has 1 atom stereocenters. The minimum Gasteiger partial charge on any atom is -0.360 e. The van der Waals surface area contributed by atoms with Crippen molar-refractivity contribution >= 4 is 27.5 Å². The van der Waals surface area contributed by atoms with Crippen molar-refractivity contribution in [1.29, 1.82) is 0 Å². The predicted molar refractivity (Wildman–Crippen MR) is 72.1 cm³/mol. The van der Waals surface area contributed by atoms with Gasteiger partial charge in [-0.3, -0.25) is 4.79 Å². The molecule has 1 aromatic carbocycles. The number of rotatable bonds is 2. The molecule has 1 heterocycles. The molecule has 17 heavy (non-hydrogen) atoms. The summed E-state index contributed by atoms with van der Waals surface area (Å²) in [6, 6.07) is 6.12. The van der Waals surface area contributed by atoms with E-state index in [1.807, 2.05) is 19.1 Å². The number of piperazine rings is 1. The molecule has 0 radical (unpaired) electrons. The number of halogens is 1. The van der Waals surface area contributed by atoms with Crippen molar-refractivity contribution < 1.29 is 4.79 Å². The van der Waals surface area contributed by atoms with Crippen LogP contribution in [0.4, 0.5) is 5.69 Å². The minimum atomic E-state index is 0.0361. The van der Waals surface area contributed by atoms with Gasteiger partial charge in [0, 0.05) is 23.2 Å². The number of anilines is 1. The molecule has 0 bridgehead atoms. The van der Waals surface area contributed by atoms with Crippen molar-refractivity contribution in [3.63, 3.8) is 0 Å². The molecule has 1 aromatic rings. The predicted octanol–water partition coefficient (Wildman–Crippen LogP) is 1.02. The fraction of sp³-hybridized carbons (Fsp3) is 0.417. The molecule has 4 nitrogen and oxygen atoms in total. The third-order valence-electron chi connectivity index (χ3n) is 2.92. The first kappa shape index (κ1) is 12.4. The standard InChI is InChI=1S/C12H16BrN3O/c1-8-4-9(13)2-3-11(8)16-6-10(5-14)15-12(17)7-16/h2-4,10H,5-7,14H2,1H3,(H,15,17).